The number of rotatable bonds is 7. The molecule has 0 bridgehead atoms. The van der Waals surface area contributed by atoms with Crippen LogP contribution in [0.5, 0.6) is 11.5 Å². The number of nitro groups is 1. The van der Waals surface area contributed by atoms with E-state index in [0.717, 1.165) is 23.0 Å². The summed E-state index contributed by atoms with van der Waals surface area (Å²) in [7, 11) is 1.31. The second kappa shape index (κ2) is 10.1. The van der Waals surface area contributed by atoms with Gasteiger partial charge in [-0.1, -0.05) is 24.3 Å². The number of aromatic nitrogens is 2. The maximum absolute atomic E-state index is 13.4. The predicted molar refractivity (Wildman–Crippen MR) is 130 cm³/mol. The van der Waals surface area contributed by atoms with Crippen LogP contribution in [0.1, 0.15) is 18.1 Å². The first-order valence-electron chi connectivity index (χ1n) is 10.9. The van der Waals surface area contributed by atoms with Crippen LogP contribution in [0.3, 0.4) is 0 Å². The lowest BCUT2D eigenvalue weighted by molar-refractivity contribution is -0.385. The van der Waals surface area contributed by atoms with Crippen molar-refractivity contribution in [2.75, 3.05) is 13.7 Å². The van der Waals surface area contributed by atoms with E-state index in [-0.39, 0.29) is 51.6 Å². The number of ether oxygens (including phenoxy) is 2. The van der Waals surface area contributed by atoms with Crippen LogP contribution in [0, 0.1) is 10.1 Å². The van der Waals surface area contributed by atoms with E-state index < -0.39 is 22.2 Å². The molecule has 0 saturated carbocycles. The fourth-order valence-electron chi connectivity index (χ4n) is 3.64. The first kappa shape index (κ1) is 25.4. The molecule has 3 aromatic carbocycles. The highest BCUT2D eigenvalue weighted by molar-refractivity contribution is 5.84. The van der Waals surface area contributed by atoms with Crippen molar-refractivity contribution in [2.45, 2.75) is 13.1 Å². The topological polar surface area (TPSA) is 109 Å². The van der Waals surface area contributed by atoms with Gasteiger partial charge in [0.25, 0.3) is 5.56 Å². The van der Waals surface area contributed by atoms with Crippen molar-refractivity contribution >= 4 is 22.8 Å². The molecule has 0 saturated heterocycles. The molecule has 0 N–H and O–H groups in total. The molecule has 0 radical (unpaired) electrons. The summed E-state index contributed by atoms with van der Waals surface area (Å²) in [5.41, 5.74) is -1.49. The third-order valence-corrected chi connectivity index (χ3v) is 5.29. The number of alkyl halides is 3. The van der Waals surface area contributed by atoms with E-state index in [0.29, 0.717) is 0 Å². The number of hydrogen-bond acceptors (Lipinski definition) is 7. The summed E-state index contributed by atoms with van der Waals surface area (Å²) in [5, 5.41) is 16.0. The molecule has 4 rings (SSSR count). The zero-order valence-electron chi connectivity index (χ0n) is 19.5. The van der Waals surface area contributed by atoms with Crippen LogP contribution in [-0.2, 0) is 6.18 Å². The van der Waals surface area contributed by atoms with E-state index in [2.05, 4.69) is 10.1 Å². The highest BCUT2D eigenvalue weighted by atomic mass is 19.4. The van der Waals surface area contributed by atoms with Crippen molar-refractivity contribution in [1.29, 1.82) is 0 Å². The minimum atomic E-state index is -4.61. The van der Waals surface area contributed by atoms with Gasteiger partial charge in [-0.15, -0.1) is 0 Å². The number of para-hydroxylation sites is 1. The van der Waals surface area contributed by atoms with E-state index in [4.69, 9.17) is 9.47 Å². The normalized spacial score (nSPS) is 11.7. The van der Waals surface area contributed by atoms with Gasteiger partial charge in [0.05, 0.1) is 41.3 Å². The smallest absolute Gasteiger partial charge is 0.416 e. The molecule has 0 aliphatic carbocycles. The molecule has 0 fully saturated rings. The molecule has 9 nitrogen and oxygen atoms in total. The number of nitro benzene ring substituents is 1. The molecule has 0 spiro atoms. The third kappa shape index (κ3) is 5.13. The molecule has 37 heavy (non-hydrogen) atoms. The van der Waals surface area contributed by atoms with Crippen molar-refractivity contribution < 1.29 is 27.6 Å². The number of nitrogens with zero attached hydrogens (tertiary/aromatic N) is 4. The summed E-state index contributed by atoms with van der Waals surface area (Å²) >= 11 is 0. The number of fused-ring (bicyclic) bond motifs is 1. The summed E-state index contributed by atoms with van der Waals surface area (Å²) in [6.45, 7) is 1.82. The van der Waals surface area contributed by atoms with Crippen LogP contribution in [0.4, 0.5) is 18.9 Å². The van der Waals surface area contributed by atoms with Crippen molar-refractivity contribution in [2.24, 2.45) is 5.10 Å². The summed E-state index contributed by atoms with van der Waals surface area (Å²) in [4.78, 5) is 28.6. The predicted octanol–water partition coefficient (Wildman–Crippen LogP) is 5.28. The standard InChI is InChI=1S/C25H19F3N4O5/c1-3-37-22-20(32(34)35)11-15(12-21(22)36-2)14-29-31-23(16-7-6-8-17(13-16)25(26,27)28)30-19-10-5-4-9-18(19)24(31)33/h4-14H,3H2,1-2H3. The molecule has 1 heterocycles. The van der Waals surface area contributed by atoms with Crippen LogP contribution in [-0.4, -0.2) is 34.5 Å². The van der Waals surface area contributed by atoms with Gasteiger partial charge in [-0.2, -0.15) is 22.9 Å². The summed E-state index contributed by atoms with van der Waals surface area (Å²) in [6, 6.07) is 13.3. The van der Waals surface area contributed by atoms with E-state index in [1.807, 2.05) is 0 Å². The van der Waals surface area contributed by atoms with Crippen molar-refractivity contribution in [3.63, 3.8) is 0 Å². The SMILES string of the molecule is CCOc1c(OC)cc(C=Nn2c(-c3cccc(C(F)(F)F)c3)nc3ccccc3c2=O)cc1[N+](=O)[O-]. The molecular weight excluding hydrogens is 493 g/mol. The third-order valence-electron chi connectivity index (χ3n) is 5.29. The summed E-state index contributed by atoms with van der Waals surface area (Å²) < 4.78 is 51.5. The molecular formula is C25H19F3N4O5. The first-order chi connectivity index (χ1) is 17.6. The van der Waals surface area contributed by atoms with Gasteiger partial charge in [0.1, 0.15) is 0 Å². The highest BCUT2D eigenvalue weighted by Crippen LogP contribution is 2.38. The fraction of sp³-hybridized carbons (Fsp3) is 0.160. The fourth-order valence-corrected chi connectivity index (χ4v) is 3.64. The second-order valence-electron chi connectivity index (χ2n) is 7.65. The monoisotopic (exact) mass is 512 g/mol. The Morgan fingerprint density at radius 2 is 1.89 bits per heavy atom. The van der Waals surface area contributed by atoms with E-state index in [9.17, 15) is 28.1 Å². The van der Waals surface area contributed by atoms with Gasteiger partial charge in [0.2, 0.25) is 5.75 Å². The lowest BCUT2D eigenvalue weighted by atomic mass is 10.1. The second-order valence-corrected chi connectivity index (χ2v) is 7.65. The van der Waals surface area contributed by atoms with Crippen molar-refractivity contribution in [3.8, 4) is 22.9 Å². The average Bonchev–Trinajstić information content (AvgIpc) is 2.88. The van der Waals surface area contributed by atoms with Crippen molar-refractivity contribution in [1.82, 2.24) is 9.66 Å². The number of methoxy groups -OCH3 is 1. The van der Waals surface area contributed by atoms with E-state index in [1.54, 1.807) is 25.1 Å². The van der Waals surface area contributed by atoms with Gasteiger partial charge in [-0.3, -0.25) is 14.9 Å². The maximum Gasteiger partial charge on any atom is 0.416 e. The molecule has 1 aromatic heterocycles. The Hall–Kier alpha value is -4.74. The molecule has 4 aromatic rings. The molecule has 12 heteroatoms. The van der Waals surface area contributed by atoms with Gasteiger partial charge in [0.15, 0.2) is 11.6 Å². The minimum absolute atomic E-state index is 0.00471. The molecule has 0 atom stereocenters. The Balaban J connectivity index is 1.92. The summed E-state index contributed by atoms with van der Waals surface area (Å²) in [6.07, 6.45) is -3.46. The Morgan fingerprint density at radius 1 is 1.14 bits per heavy atom. The van der Waals surface area contributed by atoms with E-state index >= 15 is 0 Å². The minimum Gasteiger partial charge on any atom is -0.493 e. The zero-order valence-corrected chi connectivity index (χ0v) is 19.5. The molecule has 0 amide bonds. The number of hydrogen-bond donors (Lipinski definition) is 0. The number of benzene rings is 3. The molecule has 0 unspecified atom stereocenters. The summed E-state index contributed by atoms with van der Waals surface area (Å²) in [5.74, 6) is -0.139. The number of halogens is 3. The highest BCUT2D eigenvalue weighted by Gasteiger charge is 2.31. The van der Waals surface area contributed by atoms with Gasteiger partial charge in [0, 0.05) is 17.2 Å². The van der Waals surface area contributed by atoms with Crippen molar-refractivity contribution in [3.05, 3.63) is 92.3 Å². The van der Waals surface area contributed by atoms with Gasteiger partial charge < -0.3 is 9.47 Å². The van der Waals surface area contributed by atoms with Crippen LogP contribution < -0.4 is 15.0 Å². The Morgan fingerprint density at radius 3 is 2.57 bits per heavy atom. The molecule has 0 aliphatic heterocycles. The maximum atomic E-state index is 13.4. The van der Waals surface area contributed by atoms with Gasteiger partial charge in [-0.25, -0.2) is 4.98 Å². The quantitative estimate of drug-likeness (QED) is 0.189. The van der Waals surface area contributed by atoms with Gasteiger partial charge >= 0.3 is 11.9 Å². The van der Waals surface area contributed by atoms with Crippen LogP contribution in [0.25, 0.3) is 22.3 Å². The zero-order chi connectivity index (χ0) is 26.7. The van der Waals surface area contributed by atoms with Crippen LogP contribution >= 0.6 is 0 Å². The molecule has 0 aliphatic rings. The first-order valence-corrected chi connectivity index (χ1v) is 10.9. The Bertz CT molecular complexity index is 1580. The lowest BCUT2D eigenvalue weighted by Crippen LogP contribution is -2.20. The van der Waals surface area contributed by atoms with E-state index in [1.165, 1.54) is 37.4 Å². The largest absolute Gasteiger partial charge is 0.493 e. The van der Waals surface area contributed by atoms with Crippen LogP contribution in [0.2, 0.25) is 0 Å². The Kier molecular flexibility index (Phi) is 6.92. The van der Waals surface area contributed by atoms with Gasteiger partial charge in [-0.05, 0) is 37.3 Å². The Labute approximate surface area is 207 Å². The average molecular weight is 512 g/mol. The molecule has 190 valence electrons. The van der Waals surface area contributed by atoms with Crippen LogP contribution in [0.15, 0.2) is 70.6 Å². The lowest BCUT2D eigenvalue weighted by Gasteiger charge is -2.12.